The first kappa shape index (κ1) is 17.3. The van der Waals surface area contributed by atoms with Crippen LogP contribution in [-0.4, -0.2) is 15.5 Å². The minimum absolute atomic E-state index is 0.184. The quantitative estimate of drug-likeness (QED) is 0.547. The third kappa shape index (κ3) is 3.77. The molecular weight excluding hydrogens is 335 g/mol. The number of amides is 1. The highest BCUT2D eigenvalue weighted by molar-refractivity contribution is 5.92. The van der Waals surface area contributed by atoms with Gasteiger partial charge in [-0.3, -0.25) is 25.0 Å². The summed E-state index contributed by atoms with van der Waals surface area (Å²) in [5, 5.41) is 0.516. The van der Waals surface area contributed by atoms with Crippen molar-refractivity contribution >= 4 is 28.8 Å². The van der Waals surface area contributed by atoms with Gasteiger partial charge in [-0.25, -0.2) is 9.37 Å². The maximum absolute atomic E-state index is 12.9. The van der Waals surface area contributed by atoms with Gasteiger partial charge in [0.25, 0.3) is 11.5 Å². The molecule has 3 aromatic rings. The lowest BCUT2D eigenvalue weighted by molar-refractivity contribution is -0.116. The van der Waals surface area contributed by atoms with Crippen LogP contribution in [0.4, 0.5) is 10.3 Å². The van der Waals surface area contributed by atoms with Gasteiger partial charge in [-0.05, 0) is 42.8 Å². The average Bonchev–Trinajstić information content (AvgIpc) is 2.66. The first-order chi connectivity index (χ1) is 12.6. The average molecular weight is 352 g/mol. The number of hydrogen-bond acceptors (Lipinski definition) is 4. The van der Waals surface area contributed by atoms with Crippen molar-refractivity contribution in [2.45, 2.75) is 13.5 Å². The summed E-state index contributed by atoms with van der Waals surface area (Å²) in [5.41, 5.74) is 6.21. The molecule has 1 aromatic heterocycles. The van der Waals surface area contributed by atoms with Crippen LogP contribution in [0.25, 0.3) is 17.0 Å². The van der Waals surface area contributed by atoms with Crippen molar-refractivity contribution in [3.63, 3.8) is 0 Å². The zero-order valence-electron chi connectivity index (χ0n) is 14.1. The number of benzene rings is 2. The number of hydrogen-bond donors (Lipinski definition) is 2. The molecule has 0 radical (unpaired) electrons. The Morgan fingerprint density at radius 1 is 1.19 bits per heavy atom. The van der Waals surface area contributed by atoms with E-state index in [0.29, 0.717) is 23.0 Å². The third-order valence-corrected chi connectivity index (χ3v) is 3.77. The summed E-state index contributed by atoms with van der Waals surface area (Å²) < 4.78 is 14.3. The van der Waals surface area contributed by atoms with Crippen molar-refractivity contribution in [1.29, 1.82) is 0 Å². The first-order valence-electron chi connectivity index (χ1n) is 8.07. The largest absolute Gasteiger partial charge is 0.277 e. The monoisotopic (exact) mass is 352 g/mol. The summed E-state index contributed by atoms with van der Waals surface area (Å²) in [5.74, 6) is -0.521. The van der Waals surface area contributed by atoms with Gasteiger partial charge in [0.1, 0.15) is 5.82 Å². The van der Waals surface area contributed by atoms with Crippen molar-refractivity contribution in [2.24, 2.45) is 0 Å². The minimum Gasteiger partial charge on any atom is -0.277 e. The van der Waals surface area contributed by atoms with Crippen molar-refractivity contribution in [3.05, 3.63) is 76.3 Å². The number of halogens is 1. The fourth-order valence-electron chi connectivity index (χ4n) is 2.46. The Balaban J connectivity index is 1.75. The number of fused-ring (bicyclic) bond motifs is 1. The molecule has 0 aliphatic heterocycles. The molecule has 0 unspecified atom stereocenters. The number of rotatable bonds is 5. The van der Waals surface area contributed by atoms with Gasteiger partial charge in [0.2, 0.25) is 5.95 Å². The molecule has 0 saturated carbocycles. The molecule has 0 aliphatic rings. The van der Waals surface area contributed by atoms with Crippen LogP contribution >= 0.6 is 0 Å². The van der Waals surface area contributed by atoms with Crippen LogP contribution < -0.4 is 16.4 Å². The van der Waals surface area contributed by atoms with Crippen LogP contribution in [0.1, 0.15) is 12.5 Å². The number of aromatic nitrogens is 2. The van der Waals surface area contributed by atoms with Gasteiger partial charge in [0.05, 0.1) is 10.9 Å². The normalized spacial score (nSPS) is 11.0. The molecule has 132 valence electrons. The molecule has 0 aliphatic carbocycles. The van der Waals surface area contributed by atoms with Crippen molar-refractivity contribution in [2.75, 3.05) is 5.43 Å². The second kappa shape index (κ2) is 7.60. The number of anilines is 1. The molecule has 2 aromatic carbocycles. The number of nitrogens with zero attached hydrogens (tertiary/aromatic N) is 2. The summed E-state index contributed by atoms with van der Waals surface area (Å²) in [6.45, 7) is 2.22. The Morgan fingerprint density at radius 2 is 1.92 bits per heavy atom. The van der Waals surface area contributed by atoms with Crippen molar-refractivity contribution in [3.8, 4) is 0 Å². The van der Waals surface area contributed by atoms with Crippen LogP contribution in [0.5, 0.6) is 0 Å². The summed E-state index contributed by atoms with van der Waals surface area (Å²) in [7, 11) is 0. The van der Waals surface area contributed by atoms with Crippen LogP contribution in [-0.2, 0) is 11.3 Å². The minimum atomic E-state index is -0.431. The molecule has 6 nitrogen and oxygen atoms in total. The van der Waals surface area contributed by atoms with E-state index in [1.807, 2.05) is 6.92 Å². The van der Waals surface area contributed by atoms with Crippen molar-refractivity contribution in [1.82, 2.24) is 15.0 Å². The molecule has 26 heavy (non-hydrogen) atoms. The second-order valence-electron chi connectivity index (χ2n) is 5.50. The molecule has 1 heterocycles. The van der Waals surface area contributed by atoms with Crippen LogP contribution in [0, 0.1) is 5.82 Å². The molecule has 0 spiro atoms. The van der Waals surface area contributed by atoms with Gasteiger partial charge in [-0.1, -0.05) is 24.3 Å². The van der Waals surface area contributed by atoms with E-state index in [-0.39, 0.29) is 17.3 Å². The smallest absolute Gasteiger partial charge is 0.262 e. The van der Waals surface area contributed by atoms with Crippen LogP contribution in [0.15, 0.2) is 59.4 Å². The van der Waals surface area contributed by atoms with Gasteiger partial charge in [0.15, 0.2) is 0 Å². The highest BCUT2D eigenvalue weighted by Crippen LogP contribution is 2.10. The number of para-hydroxylation sites is 1. The Hall–Kier alpha value is -3.48. The maximum Gasteiger partial charge on any atom is 0.262 e. The molecule has 0 bridgehead atoms. The first-order valence-corrected chi connectivity index (χ1v) is 8.07. The standard InChI is InChI=1S/C19H17FN4O2/c1-2-24-18(26)15-5-3-4-6-16(15)21-19(24)23-22-17(25)12-9-13-7-10-14(20)11-8-13/h3-12H,2H2,1H3,(H,21,23)(H,22,25). The van der Waals surface area contributed by atoms with E-state index in [4.69, 9.17) is 0 Å². The zero-order valence-corrected chi connectivity index (χ0v) is 14.1. The van der Waals surface area contributed by atoms with Crippen molar-refractivity contribution < 1.29 is 9.18 Å². The lowest BCUT2D eigenvalue weighted by Gasteiger charge is -2.13. The van der Waals surface area contributed by atoms with E-state index in [2.05, 4.69) is 15.8 Å². The van der Waals surface area contributed by atoms with Gasteiger partial charge < -0.3 is 0 Å². The van der Waals surface area contributed by atoms with E-state index < -0.39 is 5.91 Å². The van der Waals surface area contributed by atoms with Crippen LogP contribution in [0.3, 0.4) is 0 Å². The van der Waals surface area contributed by atoms with Gasteiger partial charge in [-0.15, -0.1) is 0 Å². The molecule has 0 fully saturated rings. The number of hydrazine groups is 1. The molecule has 2 N–H and O–H groups in total. The van der Waals surface area contributed by atoms with E-state index >= 15 is 0 Å². The van der Waals surface area contributed by atoms with Gasteiger partial charge in [0, 0.05) is 12.6 Å². The zero-order chi connectivity index (χ0) is 18.5. The summed E-state index contributed by atoms with van der Waals surface area (Å²) in [6.07, 6.45) is 2.85. The van der Waals surface area contributed by atoms with E-state index in [1.165, 1.54) is 22.8 Å². The highest BCUT2D eigenvalue weighted by atomic mass is 19.1. The summed E-state index contributed by atoms with van der Waals surface area (Å²) in [4.78, 5) is 28.8. The number of nitrogens with one attached hydrogen (secondary N) is 2. The predicted octanol–water partition coefficient (Wildman–Crippen LogP) is 2.71. The predicted molar refractivity (Wildman–Crippen MR) is 98.9 cm³/mol. The fraction of sp³-hybridized carbons (Fsp3) is 0.105. The highest BCUT2D eigenvalue weighted by Gasteiger charge is 2.09. The van der Waals surface area contributed by atoms with Gasteiger partial charge in [-0.2, -0.15) is 0 Å². The number of carbonyl (C=O) groups is 1. The second-order valence-corrected chi connectivity index (χ2v) is 5.50. The topological polar surface area (TPSA) is 76.0 Å². The SMILES string of the molecule is CCn1c(NNC(=O)C=Cc2ccc(F)cc2)nc2ccccc2c1=O. The number of carbonyl (C=O) groups excluding carboxylic acids is 1. The molecule has 0 atom stereocenters. The van der Waals surface area contributed by atoms with E-state index in [0.717, 1.165) is 0 Å². The van der Waals surface area contributed by atoms with E-state index in [1.54, 1.807) is 42.5 Å². The summed E-state index contributed by atoms with van der Waals surface area (Å²) >= 11 is 0. The van der Waals surface area contributed by atoms with E-state index in [9.17, 15) is 14.0 Å². The fourth-order valence-corrected chi connectivity index (χ4v) is 2.46. The Labute approximate surface area is 149 Å². The maximum atomic E-state index is 12.9. The third-order valence-electron chi connectivity index (χ3n) is 3.77. The molecule has 3 rings (SSSR count). The van der Waals surface area contributed by atoms with Crippen LogP contribution in [0.2, 0.25) is 0 Å². The Morgan fingerprint density at radius 3 is 2.65 bits per heavy atom. The molecule has 7 heteroatoms. The Kier molecular flexibility index (Phi) is 5.07. The van der Waals surface area contributed by atoms with Gasteiger partial charge >= 0.3 is 0 Å². The lowest BCUT2D eigenvalue weighted by atomic mass is 10.2. The molecular formula is C19H17FN4O2. The Bertz CT molecular complexity index is 1030. The summed E-state index contributed by atoms with van der Waals surface area (Å²) in [6, 6.07) is 12.8. The molecule has 1 amide bonds. The molecule has 0 saturated heterocycles. The lowest BCUT2D eigenvalue weighted by Crippen LogP contribution is -2.33.